The second-order valence-corrected chi connectivity index (χ2v) is 6.80. The monoisotopic (exact) mass is 367 g/mol. The predicted octanol–water partition coefficient (Wildman–Crippen LogP) is 4.96. The molecule has 0 heterocycles. The van der Waals surface area contributed by atoms with Crippen molar-refractivity contribution in [2.75, 3.05) is 13.7 Å². The van der Waals surface area contributed by atoms with Crippen LogP contribution < -0.4 is 10.1 Å². The zero-order valence-electron chi connectivity index (χ0n) is 15.0. The van der Waals surface area contributed by atoms with Crippen molar-refractivity contribution >= 4 is 28.3 Å². The molecular formula is C22H22ClNO2. The maximum absolute atomic E-state index is 12.5. The third-order valence-electron chi connectivity index (χ3n) is 4.59. The number of benzene rings is 3. The molecule has 0 spiro atoms. The van der Waals surface area contributed by atoms with Crippen molar-refractivity contribution in [2.24, 2.45) is 0 Å². The van der Waals surface area contributed by atoms with Gasteiger partial charge in [-0.25, -0.2) is 0 Å². The molecule has 0 fully saturated rings. The number of methoxy groups -OCH3 is 1. The van der Waals surface area contributed by atoms with Gasteiger partial charge in [0.15, 0.2) is 0 Å². The van der Waals surface area contributed by atoms with E-state index in [4.69, 9.17) is 16.3 Å². The Morgan fingerprint density at radius 1 is 1.04 bits per heavy atom. The van der Waals surface area contributed by atoms with E-state index in [0.29, 0.717) is 6.54 Å². The molecule has 0 radical (unpaired) electrons. The van der Waals surface area contributed by atoms with Crippen LogP contribution in [0.1, 0.15) is 24.0 Å². The first kappa shape index (κ1) is 18.3. The van der Waals surface area contributed by atoms with E-state index in [2.05, 4.69) is 11.4 Å². The predicted molar refractivity (Wildman–Crippen MR) is 107 cm³/mol. The van der Waals surface area contributed by atoms with Crippen molar-refractivity contribution in [2.45, 2.75) is 19.3 Å². The Kier molecular flexibility index (Phi) is 5.79. The molecule has 1 atom stereocenters. The summed E-state index contributed by atoms with van der Waals surface area (Å²) in [7, 11) is 1.66. The summed E-state index contributed by atoms with van der Waals surface area (Å²) in [6.45, 7) is 2.54. The van der Waals surface area contributed by atoms with Gasteiger partial charge < -0.3 is 10.1 Å². The van der Waals surface area contributed by atoms with E-state index < -0.39 is 0 Å². The number of amides is 1. The van der Waals surface area contributed by atoms with Crippen LogP contribution in [0.25, 0.3) is 10.8 Å². The summed E-state index contributed by atoms with van der Waals surface area (Å²) in [5.74, 6) is 0.664. The number of fused-ring (bicyclic) bond motifs is 1. The lowest BCUT2D eigenvalue weighted by atomic mass is 9.97. The lowest BCUT2D eigenvalue weighted by molar-refractivity contribution is -0.122. The molecule has 0 saturated heterocycles. The fraction of sp³-hybridized carbons (Fsp3) is 0.227. The maximum Gasteiger partial charge on any atom is 0.227 e. The van der Waals surface area contributed by atoms with E-state index in [-0.39, 0.29) is 11.8 Å². The second-order valence-electron chi connectivity index (χ2n) is 6.36. The number of nitrogens with one attached hydrogen (secondary N) is 1. The molecular weight excluding hydrogens is 346 g/mol. The summed E-state index contributed by atoms with van der Waals surface area (Å²) in [6.07, 6.45) is 0.785. The SMILES string of the molecule is COc1ccc2cc([C@@H](C)C(=O)NCCc3ccc(Cl)cc3)ccc2c1. The number of rotatable bonds is 6. The molecule has 0 saturated carbocycles. The number of halogens is 1. The summed E-state index contributed by atoms with van der Waals surface area (Å²) in [5.41, 5.74) is 2.16. The molecule has 3 aromatic carbocycles. The van der Waals surface area contributed by atoms with Gasteiger partial charge in [-0.3, -0.25) is 4.79 Å². The minimum atomic E-state index is -0.202. The van der Waals surface area contributed by atoms with Gasteiger partial charge >= 0.3 is 0 Å². The topological polar surface area (TPSA) is 38.3 Å². The largest absolute Gasteiger partial charge is 0.497 e. The van der Waals surface area contributed by atoms with Gasteiger partial charge in [0.2, 0.25) is 5.91 Å². The number of carbonyl (C=O) groups is 1. The number of carbonyl (C=O) groups excluding carboxylic acids is 1. The van der Waals surface area contributed by atoms with Gasteiger partial charge in [0.1, 0.15) is 5.75 Å². The lowest BCUT2D eigenvalue weighted by Gasteiger charge is -2.14. The highest BCUT2D eigenvalue weighted by atomic mass is 35.5. The smallest absolute Gasteiger partial charge is 0.227 e. The van der Waals surface area contributed by atoms with Gasteiger partial charge in [0, 0.05) is 11.6 Å². The molecule has 134 valence electrons. The van der Waals surface area contributed by atoms with Crippen molar-refractivity contribution in [1.29, 1.82) is 0 Å². The minimum Gasteiger partial charge on any atom is -0.497 e. The molecule has 0 unspecified atom stereocenters. The molecule has 3 nitrogen and oxygen atoms in total. The Morgan fingerprint density at radius 2 is 1.73 bits per heavy atom. The van der Waals surface area contributed by atoms with Gasteiger partial charge in [-0.05, 0) is 59.5 Å². The highest BCUT2D eigenvalue weighted by molar-refractivity contribution is 6.30. The molecule has 0 bridgehead atoms. The molecule has 0 aromatic heterocycles. The maximum atomic E-state index is 12.5. The Morgan fingerprint density at radius 3 is 2.46 bits per heavy atom. The average molecular weight is 368 g/mol. The molecule has 0 aliphatic carbocycles. The zero-order valence-corrected chi connectivity index (χ0v) is 15.7. The first-order valence-electron chi connectivity index (χ1n) is 8.66. The molecule has 26 heavy (non-hydrogen) atoms. The van der Waals surface area contributed by atoms with Crippen molar-refractivity contribution in [3.05, 3.63) is 76.8 Å². The van der Waals surface area contributed by atoms with E-state index in [9.17, 15) is 4.79 Å². The molecule has 1 amide bonds. The van der Waals surface area contributed by atoms with Crippen molar-refractivity contribution < 1.29 is 9.53 Å². The number of ether oxygens (including phenoxy) is 1. The standard InChI is InChI=1S/C22H22ClNO2/c1-15(22(25)24-12-11-16-3-8-20(23)9-4-16)17-5-6-19-14-21(26-2)10-7-18(19)13-17/h3-10,13-15H,11-12H2,1-2H3,(H,24,25)/t15-/m1/s1. The third-order valence-corrected chi connectivity index (χ3v) is 4.84. The first-order chi connectivity index (χ1) is 12.6. The van der Waals surface area contributed by atoms with Crippen LogP contribution in [0.2, 0.25) is 5.02 Å². The van der Waals surface area contributed by atoms with Crippen LogP contribution in [0.5, 0.6) is 5.75 Å². The van der Waals surface area contributed by atoms with E-state index >= 15 is 0 Å². The van der Waals surface area contributed by atoms with E-state index in [1.807, 2.05) is 61.5 Å². The van der Waals surface area contributed by atoms with Crippen LogP contribution in [0.3, 0.4) is 0 Å². The van der Waals surface area contributed by atoms with Crippen LogP contribution in [-0.4, -0.2) is 19.6 Å². The highest BCUT2D eigenvalue weighted by Crippen LogP contribution is 2.25. The van der Waals surface area contributed by atoms with Crippen LogP contribution >= 0.6 is 11.6 Å². The van der Waals surface area contributed by atoms with E-state index in [1.54, 1.807) is 7.11 Å². The molecule has 4 heteroatoms. The lowest BCUT2D eigenvalue weighted by Crippen LogP contribution is -2.29. The van der Waals surface area contributed by atoms with E-state index in [1.165, 1.54) is 0 Å². The Hall–Kier alpha value is -2.52. The van der Waals surface area contributed by atoms with Gasteiger partial charge in [0.25, 0.3) is 0 Å². The Labute approximate surface area is 158 Å². The van der Waals surface area contributed by atoms with Crippen molar-refractivity contribution in [3.8, 4) is 5.75 Å². The summed E-state index contributed by atoms with van der Waals surface area (Å²) < 4.78 is 5.25. The van der Waals surface area contributed by atoms with E-state index in [0.717, 1.165) is 39.1 Å². The minimum absolute atomic E-state index is 0.0341. The van der Waals surface area contributed by atoms with Crippen LogP contribution in [0.15, 0.2) is 60.7 Å². The first-order valence-corrected chi connectivity index (χ1v) is 9.04. The highest BCUT2D eigenvalue weighted by Gasteiger charge is 2.15. The number of hydrogen-bond acceptors (Lipinski definition) is 2. The molecule has 1 N–H and O–H groups in total. The summed E-state index contributed by atoms with van der Waals surface area (Å²) in [4.78, 5) is 12.5. The van der Waals surface area contributed by atoms with Gasteiger partial charge in [0.05, 0.1) is 13.0 Å². The van der Waals surface area contributed by atoms with Crippen molar-refractivity contribution in [1.82, 2.24) is 5.32 Å². The summed E-state index contributed by atoms with van der Waals surface area (Å²) in [5, 5.41) is 5.94. The number of hydrogen-bond donors (Lipinski definition) is 1. The normalized spacial score (nSPS) is 12.0. The van der Waals surface area contributed by atoms with Crippen LogP contribution in [-0.2, 0) is 11.2 Å². The van der Waals surface area contributed by atoms with Gasteiger partial charge in [-0.2, -0.15) is 0 Å². The Bertz CT molecular complexity index is 906. The second kappa shape index (κ2) is 8.24. The summed E-state index contributed by atoms with van der Waals surface area (Å²) >= 11 is 5.89. The van der Waals surface area contributed by atoms with Crippen molar-refractivity contribution in [3.63, 3.8) is 0 Å². The molecule has 3 rings (SSSR count). The van der Waals surface area contributed by atoms with Crippen LogP contribution in [0.4, 0.5) is 0 Å². The Balaban J connectivity index is 1.62. The fourth-order valence-corrected chi connectivity index (χ4v) is 3.05. The fourth-order valence-electron chi connectivity index (χ4n) is 2.92. The average Bonchev–Trinajstić information content (AvgIpc) is 2.68. The van der Waals surface area contributed by atoms with Gasteiger partial charge in [-0.1, -0.05) is 48.0 Å². The molecule has 0 aliphatic rings. The van der Waals surface area contributed by atoms with Crippen LogP contribution in [0, 0.1) is 0 Å². The third kappa shape index (κ3) is 4.36. The zero-order chi connectivity index (χ0) is 18.5. The summed E-state index contributed by atoms with van der Waals surface area (Å²) in [6, 6.07) is 19.7. The van der Waals surface area contributed by atoms with Gasteiger partial charge in [-0.15, -0.1) is 0 Å². The molecule has 3 aromatic rings. The quantitative estimate of drug-likeness (QED) is 0.668. The molecule has 0 aliphatic heterocycles.